The van der Waals surface area contributed by atoms with Crippen molar-refractivity contribution in [2.24, 2.45) is 0 Å². The Kier molecular flexibility index (Phi) is 1.80. The van der Waals surface area contributed by atoms with Crippen molar-refractivity contribution in [3.05, 3.63) is 29.8 Å². The third-order valence-corrected chi connectivity index (χ3v) is 3.69. The molecule has 0 atom stereocenters. The number of aryl methyl sites for hydroxylation is 1. The number of alkyl halides is 1. The molecule has 1 aromatic carbocycles. The molecule has 0 amide bonds. The summed E-state index contributed by atoms with van der Waals surface area (Å²) in [5.41, 5.74) is 2.87. The maximum absolute atomic E-state index is 3.47. The molecule has 1 N–H and O–H groups in total. The van der Waals surface area contributed by atoms with Crippen molar-refractivity contribution in [1.82, 2.24) is 0 Å². The van der Waals surface area contributed by atoms with Crippen molar-refractivity contribution >= 4 is 5.69 Å². The van der Waals surface area contributed by atoms with Gasteiger partial charge < -0.3 is 0 Å². The van der Waals surface area contributed by atoms with Crippen LogP contribution in [0.1, 0.15) is 5.56 Å². The second kappa shape index (κ2) is 2.78. The topological polar surface area (TPSA) is 12.0 Å². The SMILES string of the molecule is c1ccc2c(c1)CC[I-]N2. The van der Waals surface area contributed by atoms with Crippen molar-refractivity contribution in [1.29, 1.82) is 0 Å². The molecule has 54 valence electrons. The van der Waals surface area contributed by atoms with Gasteiger partial charge in [-0.05, 0) is 0 Å². The molecule has 1 nitrogen and oxygen atoms in total. The number of benzene rings is 1. The second-order valence-electron chi connectivity index (χ2n) is 2.32. The summed E-state index contributed by atoms with van der Waals surface area (Å²) in [7, 11) is 0. The molecule has 0 aliphatic carbocycles. The molecular formula is C8H9IN-. The van der Waals surface area contributed by atoms with Gasteiger partial charge in [-0.3, -0.25) is 0 Å². The first-order valence-corrected chi connectivity index (χ1v) is 5.99. The summed E-state index contributed by atoms with van der Waals surface area (Å²) in [6, 6.07) is 8.60. The van der Waals surface area contributed by atoms with E-state index in [0.29, 0.717) is 0 Å². The van der Waals surface area contributed by atoms with Crippen molar-refractivity contribution in [3.63, 3.8) is 0 Å². The van der Waals surface area contributed by atoms with Gasteiger partial charge in [-0.1, -0.05) is 0 Å². The van der Waals surface area contributed by atoms with E-state index >= 15 is 0 Å². The predicted octanol–water partition coefficient (Wildman–Crippen LogP) is -1.34. The van der Waals surface area contributed by atoms with E-state index in [1.165, 1.54) is 22.1 Å². The van der Waals surface area contributed by atoms with Crippen molar-refractivity contribution in [2.75, 3.05) is 7.96 Å². The van der Waals surface area contributed by atoms with E-state index in [1.54, 1.807) is 0 Å². The van der Waals surface area contributed by atoms with Gasteiger partial charge in [-0.25, -0.2) is 0 Å². The molecule has 0 saturated heterocycles. The molecule has 0 radical (unpaired) electrons. The maximum atomic E-state index is 3.47. The van der Waals surface area contributed by atoms with Crippen LogP contribution in [0.3, 0.4) is 0 Å². The molecule has 0 fully saturated rings. The summed E-state index contributed by atoms with van der Waals surface area (Å²) in [5, 5.41) is 0. The standard InChI is InChI=1S/C8H9IN/c1-2-4-8-7(3-1)5-6-9-10-8/h1-4,10H,5-6H2/q-1. The van der Waals surface area contributed by atoms with E-state index in [2.05, 4.69) is 27.8 Å². The Morgan fingerprint density at radius 2 is 2.20 bits per heavy atom. The molecule has 1 aliphatic rings. The van der Waals surface area contributed by atoms with Gasteiger partial charge in [-0.15, -0.1) is 0 Å². The normalized spacial score (nSPS) is 16.4. The Balaban J connectivity index is 2.41. The molecule has 1 aromatic rings. The van der Waals surface area contributed by atoms with Gasteiger partial charge in [0, 0.05) is 0 Å². The van der Waals surface area contributed by atoms with Gasteiger partial charge in [0.25, 0.3) is 0 Å². The van der Waals surface area contributed by atoms with E-state index in [0.717, 1.165) is 0 Å². The van der Waals surface area contributed by atoms with E-state index in [-0.39, 0.29) is 21.5 Å². The summed E-state index contributed by atoms with van der Waals surface area (Å²) >= 11 is 0.276. The van der Waals surface area contributed by atoms with E-state index in [4.69, 9.17) is 0 Å². The fourth-order valence-corrected chi connectivity index (χ4v) is 3.16. The second-order valence-corrected chi connectivity index (χ2v) is 4.71. The van der Waals surface area contributed by atoms with Crippen LogP contribution in [0.2, 0.25) is 0 Å². The van der Waals surface area contributed by atoms with Crippen LogP contribution in [0, 0.1) is 0 Å². The van der Waals surface area contributed by atoms with Gasteiger partial charge in [0.2, 0.25) is 0 Å². The Morgan fingerprint density at radius 1 is 1.30 bits per heavy atom. The Bertz CT molecular complexity index is 209. The molecular weight excluding hydrogens is 237 g/mol. The summed E-state index contributed by atoms with van der Waals surface area (Å²) in [6.07, 6.45) is 1.29. The molecule has 1 heterocycles. The van der Waals surface area contributed by atoms with Crippen LogP contribution in [0.5, 0.6) is 0 Å². The molecule has 10 heavy (non-hydrogen) atoms. The number of para-hydroxylation sites is 1. The molecule has 0 aromatic heterocycles. The first kappa shape index (κ1) is 6.46. The average molecular weight is 246 g/mol. The monoisotopic (exact) mass is 246 g/mol. The third kappa shape index (κ3) is 1.12. The van der Waals surface area contributed by atoms with Crippen molar-refractivity contribution in [3.8, 4) is 0 Å². The van der Waals surface area contributed by atoms with Crippen LogP contribution in [0.25, 0.3) is 0 Å². The fraction of sp³-hybridized carbons (Fsp3) is 0.250. The summed E-state index contributed by atoms with van der Waals surface area (Å²) in [6.45, 7) is 0. The molecule has 0 bridgehead atoms. The fourth-order valence-electron chi connectivity index (χ4n) is 1.10. The average Bonchev–Trinajstić information content (AvgIpc) is 2.05. The molecule has 0 spiro atoms. The Hall–Kier alpha value is -0.250. The molecule has 1 aliphatic heterocycles. The van der Waals surface area contributed by atoms with Gasteiger partial charge >= 0.3 is 71.4 Å². The summed E-state index contributed by atoms with van der Waals surface area (Å²) < 4.78 is 4.86. The molecule has 0 saturated carbocycles. The van der Waals surface area contributed by atoms with Crippen LogP contribution in [0.4, 0.5) is 5.69 Å². The number of halogens is 1. The van der Waals surface area contributed by atoms with E-state index in [9.17, 15) is 0 Å². The number of anilines is 1. The van der Waals surface area contributed by atoms with Crippen molar-refractivity contribution < 1.29 is 21.5 Å². The molecule has 2 heteroatoms. The van der Waals surface area contributed by atoms with Crippen LogP contribution in [-0.4, -0.2) is 4.43 Å². The van der Waals surface area contributed by atoms with E-state index in [1.807, 2.05) is 0 Å². The molecule has 0 unspecified atom stereocenters. The van der Waals surface area contributed by atoms with Crippen LogP contribution in [-0.2, 0) is 6.42 Å². The number of hydrogen-bond acceptors (Lipinski definition) is 1. The number of hydrogen-bond donors (Lipinski definition) is 1. The first-order valence-electron chi connectivity index (χ1n) is 3.39. The summed E-state index contributed by atoms with van der Waals surface area (Å²) in [5.74, 6) is 0. The minimum atomic E-state index is 0.276. The Morgan fingerprint density at radius 3 is 3.10 bits per heavy atom. The quantitative estimate of drug-likeness (QED) is 0.339. The van der Waals surface area contributed by atoms with Gasteiger partial charge in [-0.2, -0.15) is 0 Å². The first-order chi connectivity index (χ1) is 4.97. The van der Waals surface area contributed by atoms with Crippen LogP contribution < -0.4 is 25.0 Å². The van der Waals surface area contributed by atoms with Gasteiger partial charge in [0.1, 0.15) is 0 Å². The van der Waals surface area contributed by atoms with Gasteiger partial charge in [0.15, 0.2) is 0 Å². The third-order valence-electron chi connectivity index (χ3n) is 1.64. The zero-order valence-corrected chi connectivity index (χ0v) is 7.76. The van der Waals surface area contributed by atoms with E-state index < -0.39 is 0 Å². The van der Waals surface area contributed by atoms with Gasteiger partial charge in [0.05, 0.1) is 0 Å². The Labute approximate surface area is 71.4 Å². The minimum absolute atomic E-state index is 0.276. The zero-order chi connectivity index (χ0) is 6.81. The zero-order valence-electron chi connectivity index (χ0n) is 5.60. The molecule has 2 rings (SSSR count). The van der Waals surface area contributed by atoms with Crippen LogP contribution in [0.15, 0.2) is 24.3 Å². The summed E-state index contributed by atoms with van der Waals surface area (Å²) in [4.78, 5) is 0. The van der Waals surface area contributed by atoms with Crippen LogP contribution >= 0.6 is 0 Å². The number of fused-ring (bicyclic) bond motifs is 1. The number of nitrogens with one attached hydrogen (secondary N) is 1. The predicted molar refractivity (Wildman–Crippen MR) is 38.6 cm³/mol. The number of rotatable bonds is 0. The van der Waals surface area contributed by atoms with Crippen molar-refractivity contribution in [2.45, 2.75) is 6.42 Å².